The van der Waals surface area contributed by atoms with Crippen LogP contribution in [0.1, 0.15) is 16.5 Å². The summed E-state index contributed by atoms with van der Waals surface area (Å²) in [7, 11) is -3.58. The van der Waals surface area contributed by atoms with Crippen LogP contribution in [0.15, 0.2) is 46.7 Å². The van der Waals surface area contributed by atoms with Crippen LogP contribution in [0.5, 0.6) is 0 Å². The van der Waals surface area contributed by atoms with E-state index in [9.17, 15) is 8.42 Å². The zero-order chi connectivity index (χ0) is 16.0. The van der Waals surface area contributed by atoms with Crippen molar-refractivity contribution in [2.45, 2.75) is 17.9 Å². The Hall–Kier alpha value is -1.25. The van der Waals surface area contributed by atoms with Gasteiger partial charge < -0.3 is 9.84 Å². The summed E-state index contributed by atoms with van der Waals surface area (Å²) >= 11 is 1.49. The summed E-state index contributed by atoms with van der Waals surface area (Å²) in [5.74, 6) is 0. The number of thiophene rings is 1. The maximum absolute atomic E-state index is 12.3. The first-order chi connectivity index (χ1) is 10.5. The fourth-order valence-electron chi connectivity index (χ4n) is 1.96. The van der Waals surface area contributed by atoms with Gasteiger partial charge in [0.2, 0.25) is 10.0 Å². The normalized spacial score (nSPS) is 13.2. The van der Waals surface area contributed by atoms with E-state index in [1.165, 1.54) is 11.3 Å². The zero-order valence-corrected chi connectivity index (χ0v) is 13.9. The Bertz CT molecular complexity index is 683. The van der Waals surface area contributed by atoms with E-state index >= 15 is 0 Å². The predicted octanol–water partition coefficient (Wildman–Crippen LogP) is 2.09. The van der Waals surface area contributed by atoms with Gasteiger partial charge in [0.25, 0.3) is 0 Å². The molecule has 0 aliphatic heterocycles. The fourth-order valence-corrected chi connectivity index (χ4v) is 3.87. The number of aliphatic hydroxyl groups excluding tert-OH is 1. The number of ether oxygens (including phenoxy) is 1. The summed E-state index contributed by atoms with van der Waals surface area (Å²) in [5.41, 5.74) is 0.884. The summed E-state index contributed by atoms with van der Waals surface area (Å²) in [6.07, 6.45) is -0.410. The van der Waals surface area contributed by atoms with Crippen molar-refractivity contribution < 1.29 is 18.3 Å². The molecule has 0 saturated carbocycles. The van der Waals surface area contributed by atoms with Crippen molar-refractivity contribution in [2.75, 3.05) is 19.8 Å². The average Bonchev–Trinajstić information content (AvgIpc) is 3.01. The second-order valence-electron chi connectivity index (χ2n) is 4.77. The molecule has 22 heavy (non-hydrogen) atoms. The standard InChI is InChI=1S/C15H19NO4S2/c1-12-4-2-5-13(10-12)22(18,19)16-11-14(20-8-7-17)15-6-3-9-21-15/h2-6,9-10,14,16-17H,7-8,11H2,1H3/t14-/m0/s1. The van der Waals surface area contributed by atoms with Crippen LogP contribution in [0.25, 0.3) is 0 Å². The Labute approximate surface area is 134 Å². The molecule has 0 aliphatic carbocycles. The SMILES string of the molecule is Cc1cccc(S(=O)(=O)NC[C@H](OCCO)c2cccs2)c1. The highest BCUT2D eigenvalue weighted by atomic mass is 32.2. The molecule has 0 fully saturated rings. The number of hydrogen-bond donors (Lipinski definition) is 2. The topological polar surface area (TPSA) is 75.6 Å². The molecule has 2 N–H and O–H groups in total. The largest absolute Gasteiger partial charge is 0.394 e. The van der Waals surface area contributed by atoms with E-state index in [-0.39, 0.29) is 24.7 Å². The molecule has 0 unspecified atom stereocenters. The third kappa shape index (κ3) is 4.62. The second-order valence-corrected chi connectivity index (χ2v) is 7.51. The number of benzene rings is 1. The molecule has 0 aliphatic rings. The Morgan fingerprint density at radius 3 is 2.77 bits per heavy atom. The van der Waals surface area contributed by atoms with Gasteiger partial charge >= 0.3 is 0 Å². The van der Waals surface area contributed by atoms with Gasteiger partial charge in [-0.2, -0.15) is 0 Å². The number of aliphatic hydroxyl groups is 1. The molecule has 2 aromatic rings. The molecule has 7 heteroatoms. The van der Waals surface area contributed by atoms with Crippen molar-refractivity contribution in [3.63, 3.8) is 0 Å². The zero-order valence-electron chi connectivity index (χ0n) is 12.2. The number of hydrogen-bond acceptors (Lipinski definition) is 5. The van der Waals surface area contributed by atoms with Crippen LogP contribution >= 0.6 is 11.3 Å². The Balaban J connectivity index is 2.08. The van der Waals surface area contributed by atoms with Crippen LogP contribution in [0, 0.1) is 6.92 Å². The van der Waals surface area contributed by atoms with Gasteiger partial charge in [-0.05, 0) is 36.1 Å². The summed E-state index contributed by atoms with van der Waals surface area (Å²) in [5, 5.41) is 10.8. The molecule has 0 spiro atoms. The Kier molecular flexibility index (Phi) is 6.10. The van der Waals surface area contributed by atoms with Gasteiger partial charge in [-0.1, -0.05) is 18.2 Å². The van der Waals surface area contributed by atoms with E-state index in [4.69, 9.17) is 9.84 Å². The molecule has 1 aromatic carbocycles. The van der Waals surface area contributed by atoms with E-state index in [1.807, 2.05) is 30.5 Å². The summed E-state index contributed by atoms with van der Waals surface area (Å²) < 4.78 is 32.7. The highest BCUT2D eigenvalue weighted by molar-refractivity contribution is 7.89. The van der Waals surface area contributed by atoms with Gasteiger partial charge in [-0.15, -0.1) is 11.3 Å². The predicted molar refractivity (Wildman–Crippen MR) is 86.5 cm³/mol. The lowest BCUT2D eigenvalue weighted by molar-refractivity contribution is 0.0328. The average molecular weight is 341 g/mol. The van der Waals surface area contributed by atoms with Gasteiger partial charge in [-0.25, -0.2) is 13.1 Å². The highest BCUT2D eigenvalue weighted by Crippen LogP contribution is 2.22. The van der Waals surface area contributed by atoms with Crippen LogP contribution in [-0.2, 0) is 14.8 Å². The van der Waals surface area contributed by atoms with Crippen molar-refractivity contribution in [2.24, 2.45) is 0 Å². The second kappa shape index (κ2) is 7.85. The van der Waals surface area contributed by atoms with Gasteiger partial charge in [0.05, 0.1) is 18.1 Å². The number of rotatable bonds is 8. The number of aryl methyl sites for hydroxylation is 1. The van der Waals surface area contributed by atoms with Gasteiger partial charge in [0.1, 0.15) is 6.10 Å². The number of sulfonamides is 1. The van der Waals surface area contributed by atoms with E-state index < -0.39 is 16.1 Å². The third-order valence-corrected chi connectivity index (χ3v) is 5.42. The molecule has 0 radical (unpaired) electrons. The van der Waals surface area contributed by atoms with Crippen molar-refractivity contribution in [3.05, 3.63) is 52.2 Å². The molecular weight excluding hydrogens is 322 g/mol. The molecule has 1 atom stereocenters. The fraction of sp³-hybridized carbons (Fsp3) is 0.333. The molecule has 1 aromatic heterocycles. The lowest BCUT2D eigenvalue weighted by atomic mass is 10.2. The first-order valence-electron chi connectivity index (χ1n) is 6.85. The summed E-state index contributed by atoms with van der Waals surface area (Å²) in [6, 6.07) is 10.5. The highest BCUT2D eigenvalue weighted by Gasteiger charge is 2.19. The smallest absolute Gasteiger partial charge is 0.240 e. The van der Waals surface area contributed by atoms with Crippen LogP contribution in [0.4, 0.5) is 0 Å². The van der Waals surface area contributed by atoms with Crippen molar-refractivity contribution in [1.82, 2.24) is 4.72 Å². The van der Waals surface area contributed by atoms with Crippen LogP contribution < -0.4 is 4.72 Å². The number of nitrogens with one attached hydrogen (secondary N) is 1. The molecular formula is C15H19NO4S2. The summed E-state index contributed by atoms with van der Waals surface area (Å²) in [6.45, 7) is 2.02. The lowest BCUT2D eigenvalue weighted by Crippen LogP contribution is -2.29. The maximum Gasteiger partial charge on any atom is 0.240 e. The first kappa shape index (κ1) is 17.1. The quantitative estimate of drug-likeness (QED) is 0.771. The molecule has 2 rings (SSSR count). The molecule has 5 nitrogen and oxygen atoms in total. The molecule has 0 saturated heterocycles. The van der Waals surface area contributed by atoms with Crippen LogP contribution in [0.3, 0.4) is 0 Å². The van der Waals surface area contributed by atoms with E-state index in [0.717, 1.165) is 10.4 Å². The summed E-state index contributed by atoms with van der Waals surface area (Å²) in [4.78, 5) is 1.15. The monoisotopic (exact) mass is 341 g/mol. The van der Waals surface area contributed by atoms with E-state index in [0.29, 0.717) is 0 Å². The Morgan fingerprint density at radius 2 is 2.14 bits per heavy atom. The maximum atomic E-state index is 12.3. The van der Waals surface area contributed by atoms with Crippen molar-refractivity contribution >= 4 is 21.4 Å². The Morgan fingerprint density at radius 1 is 1.32 bits per heavy atom. The minimum atomic E-state index is -3.58. The van der Waals surface area contributed by atoms with Gasteiger partial charge in [0, 0.05) is 11.4 Å². The molecule has 0 amide bonds. The molecule has 120 valence electrons. The molecule has 1 heterocycles. The van der Waals surface area contributed by atoms with Crippen LogP contribution in [-0.4, -0.2) is 33.3 Å². The van der Waals surface area contributed by atoms with E-state index in [2.05, 4.69) is 4.72 Å². The first-order valence-corrected chi connectivity index (χ1v) is 9.21. The minimum Gasteiger partial charge on any atom is -0.394 e. The van der Waals surface area contributed by atoms with Crippen LogP contribution in [0.2, 0.25) is 0 Å². The minimum absolute atomic E-state index is 0.105. The van der Waals surface area contributed by atoms with Crippen molar-refractivity contribution in [3.8, 4) is 0 Å². The third-order valence-electron chi connectivity index (χ3n) is 3.03. The van der Waals surface area contributed by atoms with Gasteiger partial charge in [-0.3, -0.25) is 0 Å². The lowest BCUT2D eigenvalue weighted by Gasteiger charge is -2.17. The van der Waals surface area contributed by atoms with Crippen molar-refractivity contribution in [1.29, 1.82) is 0 Å². The molecule has 0 bridgehead atoms. The van der Waals surface area contributed by atoms with Gasteiger partial charge in [0.15, 0.2) is 0 Å². The van der Waals surface area contributed by atoms with E-state index in [1.54, 1.807) is 18.2 Å².